The largest absolute Gasteiger partial charge is 0.406 e. The van der Waals surface area contributed by atoms with Crippen LogP contribution in [0.15, 0.2) is 12.3 Å². The van der Waals surface area contributed by atoms with E-state index in [9.17, 15) is 14.8 Å². The summed E-state index contributed by atoms with van der Waals surface area (Å²) >= 11 is 0. The first-order chi connectivity index (χ1) is 6.06. The standard InChI is InChI=1S/C6H9N3O4/c1-13-9(12)4-6(11)8-3-2-5(7)10/h2-4H,1H3,(H2,7,10)(H,8,11). The van der Waals surface area contributed by atoms with Gasteiger partial charge in [-0.15, -0.1) is 0 Å². The van der Waals surface area contributed by atoms with Crippen LogP contribution >= 0.6 is 0 Å². The van der Waals surface area contributed by atoms with Crippen LogP contribution in [0.4, 0.5) is 0 Å². The molecule has 0 aromatic carbocycles. The van der Waals surface area contributed by atoms with Gasteiger partial charge in [0.1, 0.15) is 0 Å². The molecule has 0 unspecified atom stereocenters. The van der Waals surface area contributed by atoms with Crippen molar-refractivity contribution in [2.45, 2.75) is 0 Å². The second-order valence-electron chi connectivity index (χ2n) is 1.84. The maximum atomic E-state index is 10.7. The van der Waals surface area contributed by atoms with Crippen molar-refractivity contribution in [1.29, 1.82) is 0 Å². The van der Waals surface area contributed by atoms with Gasteiger partial charge in [-0.2, -0.15) is 0 Å². The Hall–Kier alpha value is -2.05. The molecule has 0 saturated heterocycles. The third-order valence-electron chi connectivity index (χ3n) is 0.876. The smallest absolute Gasteiger partial charge is 0.318 e. The molecular weight excluding hydrogens is 178 g/mol. The number of hydrogen-bond acceptors (Lipinski definition) is 4. The van der Waals surface area contributed by atoms with Crippen LogP contribution in [0.1, 0.15) is 0 Å². The second kappa shape index (κ2) is 5.58. The molecule has 7 heteroatoms. The Morgan fingerprint density at radius 3 is 2.69 bits per heavy atom. The number of carbonyl (C=O) groups is 2. The van der Waals surface area contributed by atoms with Gasteiger partial charge < -0.3 is 15.9 Å². The van der Waals surface area contributed by atoms with E-state index in [4.69, 9.17) is 5.73 Å². The number of carbonyl (C=O) groups excluding carboxylic acids is 2. The summed E-state index contributed by atoms with van der Waals surface area (Å²) in [4.78, 5) is 24.9. The zero-order valence-corrected chi connectivity index (χ0v) is 6.89. The Bertz CT molecular complexity index is 259. The van der Waals surface area contributed by atoms with Crippen LogP contribution in [0.2, 0.25) is 0 Å². The Balaban J connectivity index is 3.96. The normalized spacial score (nSPS) is 11.3. The van der Waals surface area contributed by atoms with Crippen molar-refractivity contribution >= 4 is 18.0 Å². The Morgan fingerprint density at radius 1 is 1.62 bits per heavy atom. The van der Waals surface area contributed by atoms with Gasteiger partial charge >= 0.3 is 5.91 Å². The van der Waals surface area contributed by atoms with Gasteiger partial charge in [-0.3, -0.25) is 14.8 Å². The number of amides is 2. The lowest BCUT2D eigenvalue weighted by molar-refractivity contribution is -0.729. The van der Waals surface area contributed by atoms with E-state index in [1.807, 2.05) is 0 Å². The number of primary amides is 1. The summed E-state index contributed by atoms with van der Waals surface area (Å²) in [5, 5.41) is 12.5. The van der Waals surface area contributed by atoms with E-state index in [-0.39, 0.29) is 4.90 Å². The molecule has 0 aromatic rings. The maximum absolute atomic E-state index is 10.7. The van der Waals surface area contributed by atoms with Gasteiger partial charge in [0.05, 0.1) is 0 Å². The minimum atomic E-state index is -0.727. The second-order valence-corrected chi connectivity index (χ2v) is 1.84. The topological polar surface area (TPSA) is 107 Å². The van der Waals surface area contributed by atoms with Crippen molar-refractivity contribution in [3.05, 3.63) is 17.5 Å². The third kappa shape index (κ3) is 6.35. The van der Waals surface area contributed by atoms with Crippen LogP contribution in [-0.4, -0.2) is 30.0 Å². The van der Waals surface area contributed by atoms with E-state index in [1.165, 1.54) is 0 Å². The first-order valence-corrected chi connectivity index (χ1v) is 3.18. The first kappa shape index (κ1) is 11.0. The first-order valence-electron chi connectivity index (χ1n) is 3.18. The van der Waals surface area contributed by atoms with Crippen molar-refractivity contribution in [3.8, 4) is 0 Å². The third-order valence-corrected chi connectivity index (χ3v) is 0.876. The van der Waals surface area contributed by atoms with Crippen LogP contribution in [0.25, 0.3) is 0 Å². The van der Waals surface area contributed by atoms with Gasteiger partial charge in [0, 0.05) is 24.3 Å². The average molecular weight is 187 g/mol. The van der Waals surface area contributed by atoms with E-state index in [0.29, 0.717) is 6.21 Å². The molecule has 0 rings (SSSR count). The number of hydrogen-bond donors (Lipinski definition) is 2. The fraction of sp³-hybridized carbons (Fsp3) is 0.167. The summed E-state index contributed by atoms with van der Waals surface area (Å²) in [5.74, 6) is -1.43. The van der Waals surface area contributed by atoms with Gasteiger partial charge in [0.25, 0.3) is 6.21 Å². The summed E-state index contributed by atoms with van der Waals surface area (Å²) < 4.78 is 0. The van der Waals surface area contributed by atoms with E-state index < -0.39 is 11.8 Å². The predicted molar refractivity (Wildman–Crippen MR) is 43.2 cm³/mol. The van der Waals surface area contributed by atoms with Gasteiger partial charge in [0.15, 0.2) is 0 Å². The lowest BCUT2D eigenvalue weighted by atomic mass is 10.5. The number of nitrogens with zero attached hydrogens (tertiary/aromatic N) is 1. The molecule has 2 amide bonds. The highest BCUT2D eigenvalue weighted by Gasteiger charge is 2.00. The summed E-state index contributed by atoms with van der Waals surface area (Å²) in [7, 11) is 1.11. The molecule has 0 aromatic heterocycles. The Labute approximate surface area is 74.0 Å². The fourth-order valence-corrected chi connectivity index (χ4v) is 0.392. The molecule has 0 fully saturated rings. The molecule has 3 N–H and O–H groups in total. The fourth-order valence-electron chi connectivity index (χ4n) is 0.392. The average Bonchev–Trinajstić information content (AvgIpc) is 2.03. The molecule has 13 heavy (non-hydrogen) atoms. The molecule has 7 nitrogen and oxygen atoms in total. The minimum absolute atomic E-state index is 0.0343. The minimum Gasteiger partial charge on any atom is -0.406 e. The summed E-state index contributed by atoms with van der Waals surface area (Å²) in [6, 6.07) is 0. The molecule has 0 aliphatic heterocycles. The van der Waals surface area contributed by atoms with Crippen molar-refractivity contribution in [2.75, 3.05) is 7.11 Å². The van der Waals surface area contributed by atoms with Gasteiger partial charge in [-0.1, -0.05) is 0 Å². The quantitative estimate of drug-likeness (QED) is 0.235. The zero-order valence-electron chi connectivity index (χ0n) is 6.89. The SMILES string of the molecule is CO[N+]([O-])=CC(=O)NC=CC(N)=O. The zero-order chi connectivity index (χ0) is 10.3. The van der Waals surface area contributed by atoms with Crippen LogP contribution in [-0.2, 0) is 14.4 Å². The number of rotatable bonds is 4. The van der Waals surface area contributed by atoms with Crippen molar-refractivity contribution in [1.82, 2.24) is 5.32 Å². The van der Waals surface area contributed by atoms with Crippen LogP contribution in [0, 0.1) is 5.21 Å². The highest BCUT2D eigenvalue weighted by atomic mass is 16.9. The Morgan fingerprint density at radius 2 is 2.23 bits per heavy atom. The van der Waals surface area contributed by atoms with Crippen molar-refractivity contribution in [2.24, 2.45) is 5.73 Å². The molecule has 0 aliphatic carbocycles. The predicted octanol–water partition coefficient (Wildman–Crippen LogP) is -1.76. The molecule has 0 spiro atoms. The molecule has 0 bridgehead atoms. The van der Waals surface area contributed by atoms with Gasteiger partial charge in [-0.25, -0.2) is 0 Å². The van der Waals surface area contributed by atoms with E-state index in [0.717, 1.165) is 19.4 Å². The summed E-state index contributed by atoms with van der Waals surface area (Å²) in [6.45, 7) is 0. The maximum Gasteiger partial charge on any atom is 0.318 e. The lowest BCUT2D eigenvalue weighted by Gasteiger charge is -1.94. The van der Waals surface area contributed by atoms with Gasteiger partial charge in [0.2, 0.25) is 5.91 Å². The van der Waals surface area contributed by atoms with Crippen LogP contribution in [0.5, 0.6) is 0 Å². The van der Waals surface area contributed by atoms with E-state index in [2.05, 4.69) is 10.2 Å². The molecule has 0 saturated carbocycles. The Kier molecular flexibility index (Phi) is 4.70. The van der Waals surface area contributed by atoms with Gasteiger partial charge in [-0.05, 0) is 0 Å². The summed E-state index contributed by atoms with van der Waals surface area (Å²) in [5.41, 5.74) is 4.72. The van der Waals surface area contributed by atoms with Crippen molar-refractivity contribution in [3.63, 3.8) is 0 Å². The molecular formula is C6H9N3O4. The number of nitrogens with two attached hydrogens (primary N) is 1. The summed E-state index contributed by atoms with van der Waals surface area (Å²) in [6.07, 6.45) is 2.57. The van der Waals surface area contributed by atoms with Crippen LogP contribution < -0.4 is 11.1 Å². The van der Waals surface area contributed by atoms with Crippen LogP contribution in [0.3, 0.4) is 0 Å². The molecule has 0 heterocycles. The van der Waals surface area contributed by atoms with E-state index >= 15 is 0 Å². The molecule has 0 atom stereocenters. The molecule has 0 aliphatic rings. The highest BCUT2D eigenvalue weighted by molar-refractivity contribution is 6.24. The van der Waals surface area contributed by atoms with Crippen molar-refractivity contribution < 1.29 is 19.3 Å². The monoisotopic (exact) mass is 187 g/mol. The number of nitrogens with one attached hydrogen (secondary N) is 1. The lowest BCUT2D eigenvalue weighted by Crippen LogP contribution is -2.23. The highest BCUT2D eigenvalue weighted by Crippen LogP contribution is 1.69. The molecule has 0 radical (unpaired) electrons. The van der Waals surface area contributed by atoms with E-state index in [1.54, 1.807) is 0 Å². The molecule has 72 valence electrons.